The Morgan fingerprint density at radius 1 is 1.19 bits per heavy atom. The molecule has 140 valence electrons. The minimum absolute atomic E-state index is 0. The molecule has 0 fully saturated rings. The molecule has 0 bridgehead atoms. The van der Waals surface area contributed by atoms with Crippen molar-refractivity contribution in [2.45, 2.75) is 6.54 Å². The zero-order valence-corrected chi connectivity index (χ0v) is 18.8. The van der Waals surface area contributed by atoms with Crippen LogP contribution >= 0.6 is 38.9 Å². The van der Waals surface area contributed by atoms with Crippen LogP contribution in [0, 0.1) is 0 Å². The molecule has 27 heavy (non-hydrogen) atoms. The number of nitrogens with zero attached hydrogens (tertiary/aromatic N) is 1. The van der Waals surface area contributed by atoms with Gasteiger partial charge in [-0.3, -0.25) is 4.79 Å². The zero-order chi connectivity index (χ0) is 18.5. The number of benzene rings is 2. The maximum atomic E-state index is 12.3. The number of hydrogen-bond acceptors (Lipinski definition) is 3. The molecule has 1 heterocycles. The van der Waals surface area contributed by atoms with Crippen LogP contribution in [0.15, 0.2) is 71.0 Å². The molecule has 0 unspecified atom stereocenters. The Labute approximate surface area is 185 Å². The molecule has 2 aromatic carbocycles. The number of amides is 1. The predicted octanol–water partition coefficient (Wildman–Crippen LogP) is 2.07. The van der Waals surface area contributed by atoms with E-state index < -0.39 is 0 Å². The highest BCUT2D eigenvalue weighted by molar-refractivity contribution is 9.10. The molecule has 0 saturated heterocycles. The van der Waals surface area contributed by atoms with Crippen molar-refractivity contribution in [3.63, 3.8) is 0 Å². The predicted molar refractivity (Wildman–Crippen MR) is 110 cm³/mol. The second kappa shape index (κ2) is 10.0. The fourth-order valence-corrected chi connectivity index (χ4v) is 3.67. The lowest BCUT2D eigenvalue weighted by Gasteiger charge is -2.05. The fraction of sp³-hybridized carbons (Fsp3) is 0.0526. The van der Waals surface area contributed by atoms with Crippen LogP contribution in [0.2, 0.25) is 5.02 Å². The summed E-state index contributed by atoms with van der Waals surface area (Å²) in [6.45, 7) is 4.43. The minimum atomic E-state index is -0.205. The van der Waals surface area contributed by atoms with Crippen molar-refractivity contribution in [3.05, 3.63) is 81.6 Å². The summed E-state index contributed by atoms with van der Waals surface area (Å²) in [5, 5.41) is 3.53. The third-order valence-electron chi connectivity index (χ3n) is 3.66. The summed E-state index contributed by atoms with van der Waals surface area (Å²) in [6.07, 6.45) is 1.81. The summed E-state index contributed by atoms with van der Waals surface area (Å²) in [7, 11) is 0. The molecule has 3 rings (SSSR count). The number of aromatic nitrogens is 1. The molecule has 3 aromatic rings. The summed E-state index contributed by atoms with van der Waals surface area (Å²) in [6, 6.07) is 14.8. The van der Waals surface area contributed by atoms with Crippen molar-refractivity contribution < 1.29 is 26.3 Å². The van der Waals surface area contributed by atoms with Crippen LogP contribution < -0.4 is 32.4 Å². The van der Waals surface area contributed by atoms with E-state index in [0.29, 0.717) is 17.1 Å². The van der Waals surface area contributed by atoms with Crippen molar-refractivity contribution in [2.24, 2.45) is 0 Å². The number of thiazole rings is 1. The van der Waals surface area contributed by atoms with Crippen LogP contribution in [-0.2, 0) is 6.54 Å². The zero-order valence-electron chi connectivity index (χ0n) is 14.1. The second-order valence-corrected chi connectivity index (χ2v) is 7.63. The average molecular weight is 530 g/mol. The molecule has 0 spiro atoms. The first-order valence-corrected chi connectivity index (χ1v) is 9.83. The van der Waals surface area contributed by atoms with E-state index >= 15 is 0 Å². The van der Waals surface area contributed by atoms with Crippen LogP contribution in [0.3, 0.4) is 0 Å². The number of hydrogen-bond donors (Lipinski definition) is 2. The van der Waals surface area contributed by atoms with Gasteiger partial charge in [0.05, 0.1) is 0 Å². The molecule has 0 radical (unpaired) electrons. The number of carbonyl (C=O) groups is 1. The molecule has 0 aliphatic rings. The molecule has 2 N–H and O–H groups in total. The maximum Gasteiger partial charge on any atom is 0.358 e. The van der Waals surface area contributed by atoms with Crippen molar-refractivity contribution in [3.8, 4) is 11.3 Å². The first kappa shape index (κ1) is 21.6. The van der Waals surface area contributed by atoms with Crippen LogP contribution in [0.4, 0.5) is 5.13 Å². The van der Waals surface area contributed by atoms with E-state index in [-0.39, 0.29) is 22.9 Å². The van der Waals surface area contributed by atoms with Crippen LogP contribution in [0.1, 0.15) is 10.4 Å². The van der Waals surface area contributed by atoms with Crippen molar-refractivity contribution in [1.29, 1.82) is 0 Å². The Morgan fingerprint density at radius 3 is 2.48 bits per heavy atom. The number of allylic oxidation sites excluding steroid dienone is 1. The third-order valence-corrected chi connectivity index (χ3v) is 5.33. The molecule has 4 nitrogen and oxygen atoms in total. The van der Waals surface area contributed by atoms with Gasteiger partial charge in [-0.2, -0.15) is 10.9 Å². The van der Waals surface area contributed by atoms with Crippen molar-refractivity contribution in [1.82, 2.24) is 5.43 Å². The first-order chi connectivity index (χ1) is 12.6. The molecule has 1 aromatic heterocycles. The maximum absolute atomic E-state index is 12.3. The van der Waals surface area contributed by atoms with Gasteiger partial charge in [0.25, 0.3) is 5.91 Å². The normalized spacial score (nSPS) is 10.0. The Bertz CT molecular complexity index is 927. The highest BCUT2D eigenvalue weighted by Crippen LogP contribution is 2.24. The van der Waals surface area contributed by atoms with E-state index in [1.165, 1.54) is 11.3 Å². The molecule has 0 aliphatic carbocycles. The van der Waals surface area contributed by atoms with Gasteiger partial charge in [0.2, 0.25) is 0 Å². The van der Waals surface area contributed by atoms with E-state index in [2.05, 4.69) is 33.4 Å². The smallest absolute Gasteiger partial charge is 0.358 e. The lowest BCUT2D eigenvalue weighted by Crippen LogP contribution is -3.00. The van der Waals surface area contributed by atoms with E-state index in [4.69, 9.17) is 11.6 Å². The van der Waals surface area contributed by atoms with E-state index in [0.717, 1.165) is 20.9 Å². The largest absolute Gasteiger partial charge is 1.00 e. The number of hydrazine groups is 1. The molecular weight excluding hydrogens is 514 g/mol. The molecule has 1 amide bonds. The average Bonchev–Trinajstić information content (AvgIpc) is 3.04. The second-order valence-electron chi connectivity index (χ2n) is 5.42. The molecule has 0 atom stereocenters. The van der Waals surface area contributed by atoms with Gasteiger partial charge < -0.3 is 17.0 Å². The Balaban J connectivity index is 0.00000261. The number of carbonyl (C=O) groups excluding carboxylic acids is 1. The summed E-state index contributed by atoms with van der Waals surface area (Å²) in [5.41, 5.74) is 8.38. The molecule has 8 heteroatoms. The van der Waals surface area contributed by atoms with Crippen molar-refractivity contribution in [2.75, 3.05) is 5.43 Å². The monoisotopic (exact) mass is 527 g/mol. The first-order valence-electron chi connectivity index (χ1n) is 7.78. The van der Waals surface area contributed by atoms with Gasteiger partial charge in [0, 0.05) is 26.0 Å². The fourth-order valence-electron chi connectivity index (χ4n) is 2.38. The number of anilines is 1. The topological polar surface area (TPSA) is 45.0 Å². The van der Waals surface area contributed by atoms with E-state index in [1.807, 2.05) is 52.4 Å². The summed E-state index contributed by atoms with van der Waals surface area (Å²) in [5.74, 6) is -0.205. The van der Waals surface area contributed by atoms with Gasteiger partial charge in [0.15, 0.2) is 0 Å². The summed E-state index contributed by atoms with van der Waals surface area (Å²) in [4.78, 5) is 12.3. The highest BCUT2D eigenvalue weighted by atomic mass is 79.9. The van der Waals surface area contributed by atoms with Gasteiger partial charge in [-0.15, -0.1) is 0 Å². The van der Waals surface area contributed by atoms with Crippen LogP contribution in [-0.4, -0.2) is 5.91 Å². The highest BCUT2D eigenvalue weighted by Gasteiger charge is 2.19. The van der Waals surface area contributed by atoms with Crippen LogP contribution in [0.5, 0.6) is 0 Å². The standard InChI is InChI=1S/C19H15BrClN3OS.BrH/c1-2-11-24-17(13-5-9-16(21)10-6-13)12-26-19(24)23-22-18(25)14-3-7-15(20)8-4-14;/h2-10,12H,1,11H2,(H,22,25);1H. The SMILES string of the molecule is C=CC[n+]1c(-c2ccc(Cl)cc2)csc1NNC(=O)c1ccc(Br)cc1.[Br-]. The Morgan fingerprint density at radius 2 is 1.85 bits per heavy atom. The summed E-state index contributed by atoms with van der Waals surface area (Å²) >= 11 is 10.8. The molecular formula is C19H16Br2ClN3OS. The number of halogens is 3. The number of nitrogens with one attached hydrogen (secondary N) is 2. The van der Waals surface area contributed by atoms with Crippen molar-refractivity contribution >= 4 is 49.9 Å². The van der Waals surface area contributed by atoms with Gasteiger partial charge >= 0.3 is 5.13 Å². The third kappa shape index (κ3) is 5.42. The van der Waals surface area contributed by atoms with E-state index in [1.54, 1.807) is 12.1 Å². The quantitative estimate of drug-likeness (QED) is 0.292. The Kier molecular flexibility index (Phi) is 8.04. The van der Waals surface area contributed by atoms with Gasteiger partial charge in [-0.25, -0.2) is 4.57 Å². The van der Waals surface area contributed by atoms with Gasteiger partial charge in [-0.1, -0.05) is 51.5 Å². The Hall–Kier alpha value is -1.67. The van der Waals surface area contributed by atoms with E-state index in [9.17, 15) is 4.79 Å². The molecule has 0 aliphatic heterocycles. The summed E-state index contributed by atoms with van der Waals surface area (Å²) < 4.78 is 2.97. The number of rotatable bonds is 6. The lowest BCUT2D eigenvalue weighted by molar-refractivity contribution is -0.658. The minimum Gasteiger partial charge on any atom is -1.00 e. The van der Waals surface area contributed by atoms with Gasteiger partial charge in [-0.05, 0) is 48.5 Å². The lowest BCUT2D eigenvalue weighted by atomic mass is 10.2. The van der Waals surface area contributed by atoms with Gasteiger partial charge in [0.1, 0.15) is 12.2 Å². The molecule has 0 saturated carbocycles. The van der Waals surface area contributed by atoms with Crippen LogP contribution in [0.25, 0.3) is 11.3 Å².